The van der Waals surface area contributed by atoms with Gasteiger partial charge in [-0.1, -0.05) is 23.2 Å². The Morgan fingerprint density at radius 3 is 2.88 bits per heavy atom. The van der Waals surface area contributed by atoms with Gasteiger partial charge < -0.3 is 14.5 Å². The number of carbonyl (C=O) groups excluding carboxylic acids is 1. The Hall–Kier alpha value is -2.26. The lowest BCUT2D eigenvalue weighted by atomic mass is 10.2. The summed E-state index contributed by atoms with van der Waals surface area (Å²) in [5, 5.41) is 13.0. The third kappa shape index (κ3) is 4.47. The lowest BCUT2D eigenvalue weighted by Gasteiger charge is -2.09. The number of ether oxygens (including phenoxy) is 1. The molecule has 1 unspecified atom stereocenters. The van der Waals surface area contributed by atoms with E-state index in [1.807, 2.05) is 6.07 Å². The second-order valence-electron chi connectivity index (χ2n) is 5.84. The summed E-state index contributed by atoms with van der Waals surface area (Å²) in [5.41, 5.74) is 0.642. The predicted molar refractivity (Wildman–Crippen MR) is 99.7 cm³/mol. The number of nitrogens with zero attached hydrogens (tertiary/aromatic N) is 1. The van der Waals surface area contributed by atoms with Gasteiger partial charge in [0.2, 0.25) is 0 Å². The van der Waals surface area contributed by atoms with Crippen LogP contribution in [0.2, 0.25) is 10.0 Å². The van der Waals surface area contributed by atoms with E-state index in [-0.39, 0.29) is 11.7 Å². The molecule has 1 amide bonds. The molecule has 1 fully saturated rings. The monoisotopic (exact) mass is 390 g/mol. The SMILES string of the molecule is N#C/C(=C/c1ccc(-c2ccc(Cl)cc2Cl)o1)C(=O)NCC1CCCO1. The first kappa shape index (κ1) is 18.5. The second-order valence-corrected chi connectivity index (χ2v) is 6.68. The maximum Gasteiger partial charge on any atom is 0.262 e. The molecule has 0 bridgehead atoms. The normalized spacial score (nSPS) is 17.1. The van der Waals surface area contributed by atoms with Gasteiger partial charge in [-0.3, -0.25) is 4.79 Å². The summed E-state index contributed by atoms with van der Waals surface area (Å²) in [6.07, 6.45) is 3.32. The zero-order chi connectivity index (χ0) is 18.5. The Bertz CT molecular complexity index is 877. The number of rotatable bonds is 5. The molecule has 134 valence electrons. The molecule has 0 aliphatic carbocycles. The first-order valence-electron chi connectivity index (χ1n) is 8.13. The van der Waals surface area contributed by atoms with Crippen molar-refractivity contribution in [2.24, 2.45) is 0 Å². The molecule has 0 saturated carbocycles. The van der Waals surface area contributed by atoms with Crippen molar-refractivity contribution in [3.8, 4) is 17.4 Å². The molecule has 7 heteroatoms. The highest BCUT2D eigenvalue weighted by atomic mass is 35.5. The van der Waals surface area contributed by atoms with Crippen molar-refractivity contribution in [2.45, 2.75) is 18.9 Å². The van der Waals surface area contributed by atoms with Gasteiger partial charge in [0.25, 0.3) is 5.91 Å². The summed E-state index contributed by atoms with van der Waals surface area (Å²) in [5.74, 6) is 0.454. The maximum absolute atomic E-state index is 12.2. The second kappa shape index (κ2) is 8.41. The number of furan rings is 1. The Kier molecular flexibility index (Phi) is 6.00. The topological polar surface area (TPSA) is 75.3 Å². The molecule has 1 aromatic carbocycles. The highest BCUT2D eigenvalue weighted by molar-refractivity contribution is 6.36. The molecule has 3 rings (SSSR count). The van der Waals surface area contributed by atoms with Crippen LogP contribution in [0.15, 0.2) is 40.3 Å². The number of hydrogen-bond acceptors (Lipinski definition) is 4. The summed E-state index contributed by atoms with van der Waals surface area (Å²) in [7, 11) is 0. The van der Waals surface area contributed by atoms with Gasteiger partial charge in [0.1, 0.15) is 23.2 Å². The fraction of sp³-hybridized carbons (Fsp3) is 0.263. The van der Waals surface area contributed by atoms with Crippen LogP contribution in [0.25, 0.3) is 17.4 Å². The molecule has 1 aromatic heterocycles. The summed E-state index contributed by atoms with van der Waals surface area (Å²) >= 11 is 12.1. The molecular formula is C19H16Cl2N2O3. The van der Waals surface area contributed by atoms with Crippen LogP contribution in [0.3, 0.4) is 0 Å². The highest BCUT2D eigenvalue weighted by Gasteiger charge is 2.18. The van der Waals surface area contributed by atoms with E-state index in [0.29, 0.717) is 40.3 Å². The quantitative estimate of drug-likeness (QED) is 0.603. The number of nitriles is 1. The number of hydrogen-bond donors (Lipinski definition) is 1. The minimum absolute atomic E-state index is 0.0150. The molecule has 0 spiro atoms. The minimum atomic E-state index is -0.453. The van der Waals surface area contributed by atoms with Crippen molar-refractivity contribution in [1.82, 2.24) is 5.32 Å². The van der Waals surface area contributed by atoms with E-state index < -0.39 is 5.91 Å². The fourth-order valence-corrected chi connectivity index (χ4v) is 3.16. The number of nitrogens with one attached hydrogen (secondary N) is 1. The number of halogens is 2. The molecule has 1 saturated heterocycles. The van der Waals surface area contributed by atoms with Gasteiger partial charge in [0.05, 0.1) is 11.1 Å². The van der Waals surface area contributed by atoms with E-state index in [1.54, 1.807) is 30.3 Å². The van der Waals surface area contributed by atoms with Crippen molar-refractivity contribution >= 4 is 35.2 Å². The van der Waals surface area contributed by atoms with E-state index in [0.717, 1.165) is 12.8 Å². The van der Waals surface area contributed by atoms with E-state index in [2.05, 4.69) is 5.32 Å². The molecule has 1 N–H and O–H groups in total. The lowest BCUT2D eigenvalue weighted by molar-refractivity contribution is -0.117. The molecule has 5 nitrogen and oxygen atoms in total. The molecule has 2 aromatic rings. The zero-order valence-electron chi connectivity index (χ0n) is 13.8. The fourth-order valence-electron chi connectivity index (χ4n) is 2.66. The Morgan fingerprint density at radius 2 is 2.19 bits per heavy atom. The van der Waals surface area contributed by atoms with Gasteiger partial charge in [0.15, 0.2) is 0 Å². The molecule has 2 heterocycles. The van der Waals surface area contributed by atoms with Crippen molar-refractivity contribution in [3.05, 3.63) is 51.7 Å². The molecule has 26 heavy (non-hydrogen) atoms. The highest BCUT2D eigenvalue weighted by Crippen LogP contribution is 2.31. The van der Waals surface area contributed by atoms with Crippen molar-refractivity contribution in [1.29, 1.82) is 5.26 Å². The smallest absolute Gasteiger partial charge is 0.262 e. The van der Waals surface area contributed by atoms with Gasteiger partial charge in [-0.2, -0.15) is 5.26 Å². The van der Waals surface area contributed by atoms with Crippen LogP contribution >= 0.6 is 23.2 Å². The van der Waals surface area contributed by atoms with Crippen LogP contribution < -0.4 is 5.32 Å². The molecular weight excluding hydrogens is 375 g/mol. The third-order valence-electron chi connectivity index (χ3n) is 3.99. The Balaban J connectivity index is 1.72. The number of amides is 1. The van der Waals surface area contributed by atoms with Gasteiger partial charge in [0, 0.05) is 29.8 Å². The third-order valence-corrected chi connectivity index (χ3v) is 4.54. The predicted octanol–water partition coefficient (Wildman–Crippen LogP) is 4.46. The summed E-state index contributed by atoms with van der Waals surface area (Å²) < 4.78 is 11.1. The van der Waals surface area contributed by atoms with Crippen LogP contribution in [0.1, 0.15) is 18.6 Å². The number of benzene rings is 1. The number of carbonyl (C=O) groups is 1. The van der Waals surface area contributed by atoms with E-state index in [9.17, 15) is 10.1 Å². The van der Waals surface area contributed by atoms with Crippen LogP contribution in [0.4, 0.5) is 0 Å². The summed E-state index contributed by atoms with van der Waals surface area (Å²) in [6.45, 7) is 1.10. The molecule has 1 aliphatic rings. The lowest BCUT2D eigenvalue weighted by Crippen LogP contribution is -2.32. The van der Waals surface area contributed by atoms with E-state index >= 15 is 0 Å². The Morgan fingerprint density at radius 1 is 1.35 bits per heavy atom. The van der Waals surface area contributed by atoms with Gasteiger partial charge in [-0.25, -0.2) is 0 Å². The van der Waals surface area contributed by atoms with Gasteiger partial charge in [-0.05, 0) is 43.2 Å². The summed E-state index contributed by atoms with van der Waals surface area (Å²) in [6, 6.07) is 10.4. The minimum Gasteiger partial charge on any atom is -0.457 e. The average Bonchev–Trinajstić information content (AvgIpc) is 3.29. The van der Waals surface area contributed by atoms with Crippen molar-refractivity contribution in [3.63, 3.8) is 0 Å². The van der Waals surface area contributed by atoms with Crippen LogP contribution in [0, 0.1) is 11.3 Å². The van der Waals surface area contributed by atoms with Gasteiger partial charge >= 0.3 is 0 Å². The average molecular weight is 391 g/mol. The zero-order valence-corrected chi connectivity index (χ0v) is 15.3. The van der Waals surface area contributed by atoms with E-state index in [4.69, 9.17) is 32.4 Å². The Labute approximate surface area is 161 Å². The standard InChI is InChI=1S/C19H16Cl2N2O3/c20-13-3-5-16(17(21)9-13)18-6-4-14(26-18)8-12(10-22)19(24)23-11-15-2-1-7-25-15/h3-6,8-9,15H,1-2,7,11H2,(H,23,24)/b12-8-. The molecule has 1 aliphatic heterocycles. The van der Waals surface area contributed by atoms with Crippen LogP contribution in [0.5, 0.6) is 0 Å². The van der Waals surface area contributed by atoms with Crippen molar-refractivity contribution < 1.29 is 13.9 Å². The molecule has 0 radical (unpaired) electrons. The molecule has 1 atom stereocenters. The van der Waals surface area contributed by atoms with Crippen molar-refractivity contribution in [2.75, 3.05) is 13.2 Å². The van der Waals surface area contributed by atoms with Gasteiger partial charge in [-0.15, -0.1) is 0 Å². The first-order chi connectivity index (χ1) is 12.6. The van der Waals surface area contributed by atoms with Crippen LogP contribution in [-0.4, -0.2) is 25.2 Å². The maximum atomic E-state index is 12.2. The first-order valence-corrected chi connectivity index (χ1v) is 8.89. The largest absolute Gasteiger partial charge is 0.457 e. The van der Waals surface area contributed by atoms with Crippen LogP contribution in [-0.2, 0) is 9.53 Å². The van der Waals surface area contributed by atoms with E-state index in [1.165, 1.54) is 6.08 Å². The summed E-state index contributed by atoms with van der Waals surface area (Å²) in [4.78, 5) is 12.2.